The van der Waals surface area contributed by atoms with Crippen LogP contribution in [0.2, 0.25) is 5.02 Å². The molecule has 0 unspecified atom stereocenters. The lowest BCUT2D eigenvalue weighted by Crippen LogP contribution is -2.35. The third kappa shape index (κ3) is 5.24. The Kier molecular flexibility index (Phi) is 6.40. The van der Waals surface area contributed by atoms with Gasteiger partial charge in [0.05, 0.1) is 5.69 Å². The van der Waals surface area contributed by atoms with Crippen LogP contribution in [0.25, 0.3) is 0 Å². The molecule has 5 heteroatoms. The summed E-state index contributed by atoms with van der Waals surface area (Å²) in [7, 11) is 2.11. The van der Waals surface area contributed by atoms with Crippen LogP contribution in [0.15, 0.2) is 53.4 Å². The summed E-state index contributed by atoms with van der Waals surface area (Å²) in [6.07, 6.45) is 1.87. The van der Waals surface area contributed by atoms with E-state index in [4.69, 9.17) is 11.6 Å². The second kappa shape index (κ2) is 8.75. The van der Waals surface area contributed by atoms with Gasteiger partial charge in [0.15, 0.2) is 0 Å². The summed E-state index contributed by atoms with van der Waals surface area (Å²) in [5, 5.41) is 3.89. The molecule has 3 rings (SSSR count). The Morgan fingerprint density at radius 3 is 2.56 bits per heavy atom. The van der Waals surface area contributed by atoms with Gasteiger partial charge in [0.2, 0.25) is 5.91 Å². The largest absolute Gasteiger partial charge is 0.325 e. The summed E-state index contributed by atoms with van der Waals surface area (Å²) < 4.78 is 0. The molecule has 0 bridgehead atoms. The summed E-state index contributed by atoms with van der Waals surface area (Å²) in [6.45, 7) is 1.98. The number of benzene rings is 2. The zero-order valence-electron chi connectivity index (χ0n) is 14.4. The lowest BCUT2D eigenvalue weighted by molar-refractivity contribution is -0.121. The van der Waals surface area contributed by atoms with Gasteiger partial charge in [-0.05, 0) is 62.8 Å². The second-order valence-electron chi connectivity index (χ2n) is 6.48. The molecule has 0 radical (unpaired) electrons. The van der Waals surface area contributed by atoms with Crippen molar-refractivity contribution < 1.29 is 4.79 Å². The van der Waals surface area contributed by atoms with Crippen LogP contribution in [0.4, 0.5) is 5.69 Å². The first-order valence-corrected chi connectivity index (χ1v) is 9.94. The number of carbonyl (C=O) groups excluding carboxylic acids is 1. The predicted octanol–water partition coefficient (Wildman–Crippen LogP) is 4.91. The minimum atomic E-state index is 0.116. The first-order chi connectivity index (χ1) is 12.1. The lowest BCUT2D eigenvalue weighted by Gasteiger charge is -2.28. The number of carbonyl (C=O) groups is 1. The molecule has 3 nitrogen and oxygen atoms in total. The van der Waals surface area contributed by atoms with Gasteiger partial charge in [-0.25, -0.2) is 0 Å². The third-order valence-electron chi connectivity index (χ3n) is 4.54. The highest BCUT2D eigenvalue weighted by Crippen LogP contribution is 2.31. The topological polar surface area (TPSA) is 32.3 Å². The van der Waals surface area contributed by atoms with Gasteiger partial charge in [-0.3, -0.25) is 4.79 Å². The quantitative estimate of drug-likeness (QED) is 0.754. The van der Waals surface area contributed by atoms with E-state index in [0.29, 0.717) is 0 Å². The standard InChI is InChI=1S/C20H23ClN2OS/c1-23-12-10-16(11-13-23)20(24)22-18-4-2-3-5-19(18)25-14-15-6-8-17(21)9-7-15/h2-9,16H,10-14H2,1H3,(H,22,24). The highest BCUT2D eigenvalue weighted by atomic mass is 35.5. The first-order valence-electron chi connectivity index (χ1n) is 8.57. The van der Waals surface area contributed by atoms with Crippen molar-refractivity contribution in [1.29, 1.82) is 0 Å². The Balaban J connectivity index is 1.62. The molecule has 0 aliphatic carbocycles. The molecule has 25 heavy (non-hydrogen) atoms. The minimum Gasteiger partial charge on any atom is -0.325 e. The molecule has 1 aliphatic rings. The van der Waals surface area contributed by atoms with Crippen LogP contribution in [0, 0.1) is 5.92 Å². The predicted molar refractivity (Wildman–Crippen MR) is 106 cm³/mol. The number of nitrogens with zero attached hydrogens (tertiary/aromatic N) is 1. The Morgan fingerprint density at radius 2 is 1.84 bits per heavy atom. The van der Waals surface area contributed by atoms with E-state index < -0.39 is 0 Å². The molecule has 1 saturated heterocycles. The normalized spacial score (nSPS) is 15.9. The van der Waals surface area contributed by atoms with Gasteiger partial charge in [0, 0.05) is 21.6 Å². The van der Waals surface area contributed by atoms with Crippen LogP contribution >= 0.6 is 23.4 Å². The van der Waals surface area contributed by atoms with Crippen molar-refractivity contribution in [1.82, 2.24) is 4.90 Å². The van der Waals surface area contributed by atoms with E-state index in [-0.39, 0.29) is 11.8 Å². The Hall–Kier alpha value is -1.49. The van der Waals surface area contributed by atoms with Crippen molar-refractivity contribution in [3.8, 4) is 0 Å². The number of hydrogen-bond donors (Lipinski definition) is 1. The molecular weight excluding hydrogens is 352 g/mol. The average Bonchev–Trinajstić information content (AvgIpc) is 2.63. The molecule has 1 aliphatic heterocycles. The fraction of sp³-hybridized carbons (Fsp3) is 0.350. The summed E-state index contributed by atoms with van der Waals surface area (Å²) in [4.78, 5) is 16.0. The average molecular weight is 375 g/mol. The van der Waals surface area contributed by atoms with Gasteiger partial charge in [-0.1, -0.05) is 35.9 Å². The number of anilines is 1. The summed E-state index contributed by atoms with van der Waals surface area (Å²) in [6, 6.07) is 15.9. The number of thioether (sulfide) groups is 1. The fourth-order valence-corrected chi connectivity index (χ4v) is 4.03. The lowest BCUT2D eigenvalue weighted by atomic mass is 9.96. The van der Waals surface area contributed by atoms with Crippen molar-refractivity contribution in [2.75, 3.05) is 25.5 Å². The van der Waals surface area contributed by atoms with E-state index in [1.165, 1.54) is 5.56 Å². The molecule has 0 spiro atoms. The molecule has 1 fully saturated rings. The highest BCUT2D eigenvalue weighted by Gasteiger charge is 2.23. The van der Waals surface area contributed by atoms with E-state index in [1.807, 2.05) is 42.5 Å². The Bertz CT molecular complexity index is 712. The van der Waals surface area contributed by atoms with E-state index in [1.54, 1.807) is 11.8 Å². The van der Waals surface area contributed by atoms with Crippen molar-refractivity contribution in [3.05, 3.63) is 59.1 Å². The molecule has 1 amide bonds. The second-order valence-corrected chi connectivity index (χ2v) is 7.93. The third-order valence-corrected chi connectivity index (χ3v) is 5.94. The van der Waals surface area contributed by atoms with Crippen molar-refractivity contribution in [2.24, 2.45) is 5.92 Å². The summed E-state index contributed by atoms with van der Waals surface area (Å²) >= 11 is 7.67. The minimum absolute atomic E-state index is 0.116. The van der Waals surface area contributed by atoms with Crippen LogP contribution in [-0.4, -0.2) is 30.9 Å². The number of halogens is 1. The van der Waals surface area contributed by atoms with Crippen molar-refractivity contribution >= 4 is 35.0 Å². The van der Waals surface area contributed by atoms with Crippen LogP contribution in [0.1, 0.15) is 18.4 Å². The Morgan fingerprint density at radius 1 is 1.16 bits per heavy atom. The zero-order chi connectivity index (χ0) is 17.6. The summed E-state index contributed by atoms with van der Waals surface area (Å²) in [5.74, 6) is 1.11. The van der Waals surface area contributed by atoms with Crippen LogP contribution in [0.3, 0.4) is 0 Å². The molecule has 0 aromatic heterocycles. The molecule has 1 heterocycles. The molecule has 0 saturated carbocycles. The maximum atomic E-state index is 12.6. The number of hydrogen-bond acceptors (Lipinski definition) is 3. The van der Waals surface area contributed by atoms with Gasteiger partial charge >= 0.3 is 0 Å². The van der Waals surface area contributed by atoms with Gasteiger partial charge in [0.1, 0.15) is 0 Å². The van der Waals surface area contributed by atoms with Gasteiger partial charge in [-0.15, -0.1) is 11.8 Å². The van der Waals surface area contributed by atoms with Gasteiger partial charge in [0.25, 0.3) is 0 Å². The number of nitrogens with one attached hydrogen (secondary N) is 1. The molecule has 1 N–H and O–H groups in total. The molecule has 132 valence electrons. The monoisotopic (exact) mass is 374 g/mol. The van der Waals surface area contributed by atoms with Crippen molar-refractivity contribution in [2.45, 2.75) is 23.5 Å². The van der Waals surface area contributed by atoms with E-state index in [2.05, 4.69) is 23.3 Å². The first kappa shape index (κ1) is 18.3. The summed E-state index contributed by atoms with van der Waals surface area (Å²) in [5.41, 5.74) is 2.12. The van der Waals surface area contributed by atoms with Gasteiger partial charge in [-0.2, -0.15) is 0 Å². The maximum absolute atomic E-state index is 12.6. The number of amides is 1. The fourth-order valence-electron chi connectivity index (χ4n) is 2.94. The van der Waals surface area contributed by atoms with Crippen LogP contribution < -0.4 is 5.32 Å². The maximum Gasteiger partial charge on any atom is 0.227 e. The molecule has 2 aromatic rings. The molecule has 0 atom stereocenters. The van der Waals surface area contributed by atoms with Crippen molar-refractivity contribution in [3.63, 3.8) is 0 Å². The van der Waals surface area contributed by atoms with Crippen LogP contribution in [-0.2, 0) is 10.5 Å². The highest BCUT2D eigenvalue weighted by molar-refractivity contribution is 7.98. The van der Waals surface area contributed by atoms with Gasteiger partial charge < -0.3 is 10.2 Å². The number of para-hydroxylation sites is 1. The number of likely N-dealkylation sites (tertiary alicyclic amines) is 1. The van der Waals surface area contributed by atoms with E-state index >= 15 is 0 Å². The van der Waals surface area contributed by atoms with E-state index in [9.17, 15) is 4.79 Å². The Labute approximate surface area is 158 Å². The number of piperidine rings is 1. The SMILES string of the molecule is CN1CCC(C(=O)Nc2ccccc2SCc2ccc(Cl)cc2)CC1. The van der Waals surface area contributed by atoms with Crippen LogP contribution in [0.5, 0.6) is 0 Å². The van der Waals surface area contributed by atoms with E-state index in [0.717, 1.165) is 47.3 Å². The molecule has 2 aromatic carbocycles. The smallest absolute Gasteiger partial charge is 0.227 e. The zero-order valence-corrected chi connectivity index (χ0v) is 15.9. The number of rotatable bonds is 5. The molecular formula is C20H23ClN2OS.